The van der Waals surface area contributed by atoms with Crippen LogP contribution in [0.15, 0.2) is 41.9 Å². The standard InChI is InChI=1S/C15H10ClFN2O2S/c16-14-12(19-7-8-22-15(19)18-14)5-6-13(20)21-9-10-3-1-2-4-11(10)17/h1-8H,9H2. The lowest BCUT2D eigenvalue weighted by molar-refractivity contribution is -0.138. The number of carbonyl (C=O) groups excluding carboxylic acids is 1. The zero-order valence-corrected chi connectivity index (χ0v) is 12.8. The van der Waals surface area contributed by atoms with Crippen molar-refractivity contribution in [2.75, 3.05) is 0 Å². The third-order valence-corrected chi connectivity index (χ3v) is 3.99. The highest BCUT2D eigenvalue weighted by atomic mass is 35.5. The number of hydrogen-bond donors (Lipinski definition) is 0. The van der Waals surface area contributed by atoms with Gasteiger partial charge in [-0.1, -0.05) is 29.8 Å². The van der Waals surface area contributed by atoms with Crippen molar-refractivity contribution in [2.24, 2.45) is 0 Å². The second-order valence-electron chi connectivity index (χ2n) is 4.38. The van der Waals surface area contributed by atoms with Gasteiger partial charge < -0.3 is 4.74 Å². The molecule has 0 spiro atoms. The van der Waals surface area contributed by atoms with Gasteiger partial charge in [-0.15, -0.1) is 11.3 Å². The largest absolute Gasteiger partial charge is 0.458 e. The summed E-state index contributed by atoms with van der Waals surface area (Å²) in [6.07, 6.45) is 4.58. The number of ether oxygens (including phenoxy) is 1. The van der Waals surface area contributed by atoms with E-state index in [9.17, 15) is 9.18 Å². The van der Waals surface area contributed by atoms with Crippen molar-refractivity contribution >= 4 is 39.9 Å². The van der Waals surface area contributed by atoms with Crippen molar-refractivity contribution in [1.82, 2.24) is 9.38 Å². The summed E-state index contributed by atoms with van der Waals surface area (Å²) >= 11 is 7.45. The predicted molar refractivity (Wildman–Crippen MR) is 83.3 cm³/mol. The molecule has 7 heteroatoms. The van der Waals surface area contributed by atoms with Gasteiger partial charge in [-0.25, -0.2) is 14.2 Å². The quantitative estimate of drug-likeness (QED) is 0.535. The second kappa shape index (κ2) is 6.29. The normalized spacial score (nSPS) is 11.4. The van der Waals surface area contributed by atoms with Crippen LogP contribution < -0.4 is 0 Å². The summed E-state index contributed by atoms with van der Waals surface area (Å²) < 4.78 is 20.2. The van der Waals surface area contributed by atoms with Crippen LogP contribution in [0.4, 0.5) is 4.39 Å². The fourth-order valence-corrected chi connectivity index (χ4v) is 2.89. The molecule has 0 saturated heterocycles. The molecule has 2 heterocycles. The van der Waals surface area contributed by atoms with Crippen LogP contribution in [-0.2, 0) is 16.1 Å². The topological polar surface area (TPSA) is 43.6 Å². The monoisotopic (exact) mass is 336 g/mol. The van der Waals surface area contributed by atoms with E-state index in [2.05, 4.69) is 4.98 Å². The number of halogens is 2. The van der Waals surface area contributed by atoms with Crippen LogP contribution in [0.25, 0.3) is 11.0 Å². The maximum atomic E-state index is 13.4. The van der Waals surface area contributed by atoms with E-state index in [4.69, 9.17) is 16.3 Å². The van der Waals surface area contributed by atoms with Crippen molar-refractivity contribution in [1.29, 1.82) is 0 Å². The van der Waals surface area contributed by atoms with E-state index in [0.717, 1.165) is 4.96 Å². The highest BCUT2D eigenvalue weighted by Gasteiger charge is 2.09. The van der Waals surface area contributed by atoms with Gasteiger partial charge >= 0.3 is 5.97 Å². The van der Waals surface area contributed by atoms with E-state index in [1.54, 1.807) is 22.6 Å². The molecular formula is C15H10ClFN2O2S. The molecule has 0 aliphatic heterocycles. The minimum absolute atomic E-state index is 0.121. The summed E-state index contributed by atoms with van der Waals surface area (Å²) in [6, 6.07) is 6.14. The number of nitrogens with zero attached hydrogens (tertiary/aromatic N) is 2. The number of rotatable bonds is 4. The summed E-state index contributed by atoms with van der Waals surface area (Å²) in [5.74, 6) is -0.984. The zero-order chi connectivity index (χ0) is 15.5. The Morgan fingerprint density at radius 1 is 1.45 bits per heavy atom. The Kier molecular flexibility index (Phi) is 4.22. The molecule has 4 nitrogen and oxygen atoms in total. The Morgan fingerprint density at radius 2 is 2.27 bits per heavy atom. The smallest absolute Gasteiger partial charge is 0.331 e. The maximum absolute atomic E-state index is 13.4. The molecule has 0 unspecified atom stereocenters. The molecule has 0 atom stereocenters. The Bertz CT molecular complexity index is 856. The minimum Gasteiger partial charge on any atom is -0.458 e. The van der Waals surface area contributed by atoms with E-state index in [0.29, 0.717) is 16.4 Å². The van der Waals surface area contributed by atoms with Gasteiger partial charge in [0, 0.05) is 23.2 Å². The van der Waals surface area contributed by atoms with Crippen LogP contribution in [0.2, 0.25) is 5.15 Å². The van der Waals surface area contributed by atoms with Crippen LogP contribution in [0.1, 0.15) is 11.3 Å². The summed E-state index contributed by atoms with van der Waals surface area (Å²) in [5.41, 5.74) is 0.924. The number of aromatic nitrogens is 2. The van der Waals surface area contributed by atoms with E-state index in [-0.39, 0.29) is 6.61 Å². The summed E-state index contributed by atoms with van der Waals surface area (Å²) in [4.78, 5) is 16.6. The maximum Gasteiger partial charge on any atom is 0.331 e. The van der Waals surface area contributed by atoms with Crippen molar-refractivity contribution in [3.63, 3.8) is 0 Å². The molecule has 2 aromatic heterocycles. The van der Waals surface area contributed by atoms with E-state index >= 15 is 0 Å². The van der Waals surface area contributed by atoms with E-state index in [1.165, 1.54) is 29.6 Å². The highest BCUT2D eigenvalue weighted by molar-refractivity contribution is 7.15. The van der Waals surface area contributed by atoms with Crippen molar-refractivity contribution in [3.05, 3.63) is 64.1 Å². The average molecular weight is 337 g/mol. The van der Waals surface area contributed by atoms with E-state index < -0.39 is 11.8 Å². The van der Waals surface area contributed by atoms with Gasteiger partial charge in [0.25, 0.3) is 0 Å². The molecule has 0 amide bonds. The first kappa shape index (κ1) is 14.7. The zero-order valence-electron chi connectivity index (χ0n) is 11.2. The van der Waals surface area contributed by atoms with Crippen LogP contribution in [0, 0.1) is 5.82 Å². The molecule has 0 aliphatic carbocycles. The Balaban J connectivity index is 1.68. The molecular weight excluding hydrogens is 327 g/mol. The van der Waals surface area contributed by atoms with Crippen LogP contribution in [0.3, 0.4) is 0 Å². The lowest BCUT2D eigenvalue weighted by Gasteiger charge is -2.03. The van der Waals surface area contributed by atoms with Crippen LogP contribution in [0.5, 0.6) is 0 Å². The molecule has 112 valence electrons. The van der Waals surface area contributed by atoms with Crippen molar-refractivity contribution in [3.8, 4) is 0 Å². The molecule has 0 fully saturated rings. The van der Waals surface area contributed by atoms with Crippen molar-refractivity contribution in [2.45, 2.75) is 6.61 Å². The third kappa shape index (κ3) is 3.03. The molecule has 3 rings (SSSR count). The molecule has 0 radical (unpaired) electrons. The fourth-order valence-electron chi connectivity index (χ4n) is 1.89. The first-order valence-corrected chi connectivity index (χ1v) is 7.60. The lowest BCUT2D eigenvalue weighted by Crippen LogP contribution is -2.02. The Hall–Kier alpha value is -2.18. The van der Waals surface area contributed by atoms with Gasteiger partial charge in [0.1, 0.15) is 12.4 Å². The van der Waals surface area contributed by atoms with Gasteiger partial charge in [0.15, 0.2) is 10.1 Å². The predicted octanol–water partition coefficient (Wildman–Crippen LogP) is 3.94. The molecule has 3 aromatic rings. The molecule has 0 saturated carbocycles. The first-order chi connectivity index (χ1) is 10.6. The van der Waals surface area contributed by atoms with Crippen LogP contribution in [-0.4, -0.2) is 15.4 Å². The van der Waals surface area contributed by atoms with Gasteiger partial charge in [-0.3, -0.25) is 4.40 Å². The molecule has 0 bridgehead atoms. The molecule has 1 aromatic carbocycles. The minimum atomic E-state index is -0.579. The number of carbonyl (C=O) groups is 1. The number of hydrogen-bond acceptors (Lipinski definition) is 4. The number of benzene rings is 1. The lowest BCUT2D eigenvalue weighted by atomic mass is 10.2. The van der Waals surface area contributed by atoms with Gasteiger partial charge in [-0.05, 0) is 12.1 Å². The average Bonchev–Trinajstić information content (AvgIpc) is 3.05. The van der Waals surface area contributed by atoms with Crippen LogP contribution >= 0.6 is 22.9 Å². The molecule has 0 aliphatic rings. The number of imidazole rings is 1. The number of thiazole rings is 1. The summed E-state index contributed by atoms with van der Waals surface area (Å²) in [6.45, 7) is -0.121. The molecule has 22 heavy (non-hydrogen) atoms. The van der Waals surface area contributed by atoms with Gasteiger partial charge in [0.05, 0.1) is 5.69 Å². The number of esters is 1. The summed E-state index contributed by atoms with van der Waals surface area (Å²) in [7, 11) is 0. The second-order valence-corrected chi connectivity index (χ2v) is 5.61. The third-order valence-electron chi connectivity index (χ3n) is 2.96. The Morgan fingerprint density at radius 3 is 3.09 bits per heavy atom. The molecule has 0 N–H and O–H groups in total. The van der Waals surface area contributed by atoms with E-state index in [1.807, 2.05) is 11.6 Å². The van der Waals surface area contributed by atoms with Crippen molar-refractivity contribution < 1.29 is 13.9 Å². The SMILES string of the molecule is O=C(C=Cc1c(Cl)nc2sccn12)OCc1ccccc1F. The van der Waals surface area contributed by atoms with Gasteiger partial charge in [0.2, 0.25) is 0 Å². The summed E-state index contributed by atoms with van der Waals surface area (Å²) in [5, 5.41) is 2.18. The fraction of sp³-hybridized carbons (Fsp3) is 0.0667. The first-order valence-electron chi connectivity index (χ1n) is 6.34. The number of fused-ring (bicyclic) bond motifs is 1. The van der Waals surface area contributed by atoms with Gasteiger partial charge in [-0.2, -0.15) is 0 Å². The highest BCUT2D eigenvalue weighted by Crippen LogP contribution is 2.22. The Labute approximate surface area is 134 Å².